The highest BCUT2D eigenvalue weighted by Gasteiger charge is 2.29. The van der Waals surface area contributed by atoms with E-state index in [1.165, 1.54) is 6.33 Å². The maximum absolute atomic E-state index is 12.6. The largest absolute Gasteiger partial charge is 0.489 e. The number of Topliss-reactive ketones (excluding diaryl/α,β-unsaturated/α-hetero) is 1. The van der Waals surface area contributed by atoms with Crippen LogP contribution in [0, 0.1) is 12.3 Å². The van der Waals surface area contributed by atoms with Crippen molar-refractivity contribution in [3.63, 3.8) is 0 Å². The number of benzene rings is 1. The molecule has 0 radical (unpaired) electrons. The first-order valence-electron chi connectivity index (χ1n) is 7.63. The second kappa shape index (κ2) is 7.22. The molecule has 122 valence electrons. The molecule has 1 aromatic heterocycles. The molecule has 2 rings (SSSR count). The summed E-state index contributed by atoms with van der Waals surface area (Å²) in [5.41, 5.74) is 0.622. The molecule has 23 heavy (non-hydrogen) atoms. The Morgan fingerprint density at radius 3 is 2.70 bits per heavy atom. The number of allylic oxidation sites excluding steroid dienone is 1. The Morgan fingerprint density at radius 2 is 2.09 bits per heavy atom. The van der Waals surface area contributed by atoms with Gasteiger partial charge in [-0.05, 0) is 24.6 Å². The standard InChI is InChI=1S/C18H23N3O2/c1-14-8-5-6-10-16(14)23-11-7-9-15(17(22)18(2,3)4)21-13-19-12-20-21/h5-10,12-13,15H,11H2,1-4H3/b9-7-. The van der Waals surface area contributed by atoms with Gasteiger partial charge >= 0.3 is 0 Å². The molecule has 0 fully saturated rings. The van der Waals surface area contributed by atoms with Gasteiger partial charge in [-0.15, -0.1) is 0 Å². The van der Waals surface area contributed by atoms with Gasteiger partial charge in [0.25, 0.3) is 0 Å². The van der Waals surface area contributed by atoms with Gasteiger partial charge in [0.1, 0.15) is 31.1 Å². The molecule has 0 bridgehead atoms. The van der Waals surface area contributed by atoms with Gasteiger partial charge in [-0.25, -0.2) is 9.67 Å². The summed E-state index contributed by atoms with van der Waals surface area (Å²) in [7, 11) is 0. The maximum atomic E-state index is 12.6. The number of carbonyl (C=O) groups is 1. The predicted molar refractivity (Wildman–Crippen MR) is 89.3 cm³/mol. The van der Waals surface area contributed by atoms with E-state index in [1.807, 2.05) is 64.1 Å². The summed E-state index contributed by atoms with van der Waals surface area (Å²) in [6.45, 7) is 8.10. The topological polar surface area (TPSA) is 57.0 Å². The molecule has 0 aliphatic rings. The summed E-state index contributed by atoms with van der Waals surface area (Å²) in [5, 5.41) is 4.09. The number of rotatable bonds is 6. The molecule has 0 aliphatic carbocycles. The summed E-state index contributed by atoms with van der Waals surface area (Å²) >= 11 is 0. The van der Waals surface area contributed by atoms with E-state index in [2.05, 4.69) is 10.1 Å². The Morgan fingerprint density at radius 1 is 1.35 bits per heavy atom. The van der Waals surface area contributed by atoms with Gasteiger partial charge in [0.15, 0.2) is 5.78 Å². The van der Waals surface area contributed by atoms with Crippen LogP contribution in [0.5, 0.6) is 5.75 Å². The minimum atomic E-state index is -0.474. The van der Waals surface area contributed by atoms with Crippen LogP contribution in [-0.4, -0.2) is 27.2 Å². The molecular weight excluding hydrogens is 290 g/mol. The number of hydrogen-bond donors (Lipinski definition) is 0. The van der Waals surface area contributed by atoms with Crippen LogP contribution in [0.1, 0.15) is 32.4 Å². The molecule has 0 saturated heterocycles. The van der Waals surface area contributed by atoms with Crippen LogP contribution in [0.4, 0.5) is 0 Å². The van der Waals surface area contributed by atoms with Crippen molar-refractivity contribution in [1.82, 2.24) is 14.8 Å². The van der Waals surface area contributed by atoms with Gasteiger partial charge in [0.05, 0.1) is 0 Å². The summed E-state index contributed by atoms with van der Waals surface area (Å²) in [4.78, 5) is 16.5. The first-order valence-corrected chi connectivity index (χ1v) is 7.63. The van der Waals surface area contributed by atoms with Crippen LogP contribution in [-0.2, 0) is 4.79 Å². The number of ketones is 1. The summed E-state index contributed by atoms with van der Waals surface area (Å²) in [5.74, 6) is 0.923. The Balaban J connectivity index is 2.06. The van der Waals surface area contributed by atoms with Crippen LogP contribution in [0.3, 0.4) is 0 Å². The molecule has 0 aliphatic heterocycles. The van der Waals surface area contributed by atoms with E-state index >= 15 is 0 Å². The predicted octanol–water partition coefficient (Wildman–Crippen LogP) is 3.38. The molecule has 0 N–H and O–H groups in total. The van der Waals surface area contributed by atoms with E-state index in [0.29, 0.717) is 6.61 Å². The second-order valence-electron chi connectivity index (χ2n) is 6.44. The van der Waals surface area contributed by atoms with Crippen LogP contribution in [0.2, 0.25) is 0 Å². The fourth-order valence-corrected chi connectivity index (χ4v) is 2.14. The van der Waals surface area contributed by atoms with Crippen molar-refractivity contribution in [2.75, 3.05) is 6.61 Å². The summed E-state index contributed by atoms with van der Waals surface area (Å²) in [6, 6.07) is 7.37. The maximum Gasteiger partial charge on any atom is 0.166 e. The van der Waals surface area contributed by atoms with Crippen molar-refractivity contribution < 1.29 is 9.53 Å². The van der Waals surface area contributed by atoms with Crippen LogP contribution >= 0.6 is 0 Å². The van der Waals surface area contributed by atoms with Crippen LogP contribution in [0.25, 0.3) is 0 Å². The first-order chi connectivity index (χ1) is 10.9. The molecular formula is C18H23N3O2. The average molecular weight is 313 g/mol. The molecule has 0 saturated carbocycles. The normalized spacial score (nSPS) is 13.2. The Hall–Kier alpha value is -2.43. The van der Waals surface area contributed by atoms with E-state index in [4.69, 9.17) is 4.74 Å². The third kappa shape index (κ3) is 4.52. The van der Waals surface area contributed by atoms with Crippen molar-refractivity contribution in [3.05, 3.63) is 54.6 Å². The Kier molecular flexibility index (Phi) is 5.32. The molecule has 0 spiro atoms. The monoisotopic (exact) mass is 313 g/mol. The molecule has 1 atom stereocenters. The van der Waals surface area contributed by atoms with Crippen molar-refractivity contribution in [1.29, 1.82) is 0 Å². The number of hydrogen-bond acceptors (Lipinski definition) is 4. The third-order valence-corrected chi connectivity index (χ3v) is 3.48. The van der Waals surface area contributed by atoms with Crippen LogP contribution in [0.15, 0.2) is 49.1 Å². The number of para-hydroxylation sites is 1. The summed E-state index contributed by atoms with van der Waals surface area (Å²) < 4.78 is 7.29. The van der Waals surface area contributed by atoms with E-state index in [9.17, 15) is 4.79 Å². The molecule has 5 nitrogen and oxygen atoms in total. The Bertz CT molecular complexity index is 670. The van der Waals surface area contributed by atoms with Crippen molar-refractivity contribution in [2.45, 2.75) is 33.7 Å². The van der Waals surface area contributed by atoms with Gasteiger partial charge in [-0.2, -0.15) is 5.10 Å². The second-order valence-corrected chi connectivity index (χ2v) is 6.44. The summed E-state index contributed by atoms with van der Waals surface area (Å²) in [6.07, 6.45) is 6.66. The molecule has 1 aromatic carbocycles. The quantitative estimate of drug-likeness (QED) is 0.767. The zero-order valence-corrected chi connectivity index (χ0v) is 14.1. The highest BCUT2D eigenvalue weighted by atomic mass is 16.5. The molecule has 5 heteroatoms. The number of aromatic nitrogens is 3. The smallest absolute Gasteiger partial charge is 0.166 e. The number of nitrogens with zero attached hydrogens (tertiary/aromatic N) is 3. The van der Waals surface area contributed by atoms with E-state index in [0.717, 1.165) is 11.3 Å². The fraction of sp³-hybridized carbons (Fsp3) is 0.389. The zero-order valence-electron chi connectivity index (χ0n) is 14.1. The Labute approximate surface area is 137 Å². The van der Waals surface area contributed by atoms with Gasteiger partial charge in [-0.1, -0.05) is 45.0 Å². The van der Waals surface area contributed by atoms with Crippen molar-refractivity contribution in [3.8, 4) is 5.75 Å². The molecule has 0 amide bonds. The lowest BCUT2D eigenvalue weighted by molar-refractivity contribution is -0.128. The number of ether oxygens (including phenoxy) is 1. The SMILES string of the molecule is Cc1ccccc1OC/C=C\C(C(=O)C(C)(C)C)n1cncn1. The lowest BCUT2D eigenvalue weighted by Gasteiger charge is -2.22. The van der Waals surface area contributed by atoms with E-state index in [1.54, 1.807) is 11.0 Å². The van der Waals surface area contributed by atoms with Crippen molar-refractivity contribution >= 4 is 5.78 Å². The highest BCUT2D eigenvalue weighted by Crippen LogP contribution is 2.24. The third-order valence-electron chi connectivity index (χ3n) is 3.48. The average Bonchev–Trinajstić information content (AvgIpc) is 3.01. The first kappa shape index (κ1) is 16.9. The lowest BCUT2D eigenvalue weighted by atomic mass is 9.86. The van der Waals surface area contributed by atoms with Gasteiger partial charge < -0.3 is 4.74 Å². The molecule has 1 unspecified atom stereocenters. The van der Waals surface area contributed by atoms with Gasteiger partial charge in [0.2, 0.25) is 0 Å². The van der Waals surface area contributed by atoms with Gasteiger partial charge in [0, 0.05) is 5.41 Å². The number of aryl methyl sites for hydroxylation is 1. The minimum absolute atomic E-state index is 0.0788. The minimum Gasteiger partial charge on any atom is -0.489 e. The van der Waals surface area contributed by atoms with E-state index < -0.39 is 11.5 Å². The van der Waals surface area contributed by atoms with Crippen LogP contribution < -0.4 is 4.74 Å². The highest BCUT2D eigenvalue weighted by molar-refractivity contribution is 5.88. The molecule has 1 heterocycles. The number of carbonyl (C=O) groups excluding carboxylic acids is 1. The zero-order chi connectivity index (χ0) is 16.9. The van der Waals surface area contributed by atoms with E-state index in [-0.39, 0.29) is 5.78 Å². The van der Waals surface area contributed by atoms with Gasteiger partial charge in [-0.3, -0.25) is 4.79 Å². The molecule has 2 aromatic rings. The fourth-order valence-electron chi connectivity index (χ4n) is 2.14. The van der Waals surface area contributed by atoms with Crippen molar-refractivity contribution in [2.24, 2.45) is 5.41 Å². The lowest BCUT2D eigenvalue weighted by Crippen LogP contribution is -2.29.